The molecule has 4 aliphatic rings. The molecule has 36 heavy (non-hydrogen) atoms. The highest BCUT2D eigenvalue weighted by atomic mass is 35.5. The summed E-state index contributed by atoms with van der Waals surface area (Å²) in [5, 5.41) is 0.621. The van der Waals surface area contributed by atoms with E-state index in [1.807, 2.05) is 0 Å². The lowest BCUT2D eigenvalue weighted by Gasteiger charge is -2.58. The van der Waals surface area contributed by atoms with Gasteiger partial charge in [-0.2, -0.15) is 0 Å². The van der Waals surface area contributed by atoms with Gasteiger partial charge in [-0.1, -0.05) is 83.7 Å². The van der Waals surface area contributed by atoms with E-state index < -0.39 is 0 Å². The number of carbonyl (C=O) groups excluding carboxylic acids is 1. The zero-order valence-corrected chi connectivity index (χ0v) is 24.7. The third kappa shape index (κ3) is 5.79. The van der Waals surface area contributed by atoms with Gasteiger partial charge in [-0.25, -0.2) is 0 Å². The number of rotatable bonds is 10. The molecular weight excluding hydrogens is 464 g/mol. The van der Waals surface area contributed by atoms with Crippen molar-refractivity contribution in [3.05, 3.63) is 23.3 Å². The van der Waals surface area contributed by atoms with Crippen LogP contribution in [0.25, 0.3) is 0 Å². The minimum absolute atomic E-state index is 0.0592. The van der Waals surface area contributed by atoms with Gasteiger partial charge in [-0.3, -0.25) is 4.79 Å². The van der Waals surface area contributed by atoms with Crippen LogP contribution in [0.5, 0.6) is 0 Å². The Morgan fingerprint density at radius 1 is 1.06 bits per heavy atom. The SMILES string of the molecule is C=C(Cl)CCCC(=O)O[C@H]1CC[C@@]2(C)C(=CC[C@H]3[C@@H]4CC[C@@H]([C@H](C)CCCC(C)C)[C@@]4(C)CC[C@@H]32)C1. The molecule has 0 aromatic rings. The van der Waals surface area contributed by atoms with Crippen molar-refractivity contribution in [1.29, 1.82) is 0 Å². The fourth-order valence-electron chi connectivity index (χ4n) is 9.42. The van der Waals surface area contributed by atoms with Crippen molar-refractivity contribution in [3.63, 3.8) is 0 Å². The van der Waals surface area contributed by atoms with Gasteiger partial charge in [-0.15, -0.1) is 0 Å². The molecule has 3 fully saturated rings. The molecule has 0 spiro atoms. The predicted molar refractivity (Wildman–Crippen MR) is 152 cm³/mol. The number of halogens is 1. The van der Waals surface area contributed by atoms with Gasteiger partial charge in [0.1, 0.15) is 6.10 Å². The Labute approximate surface area is 227 Å². The maximum absolute atomic E-state index is 12.4. The van der Waals surface area contributed by atoms with Crippen molar-refractivity contribution in [2.45, 2.75) is 131 Å². The molecule has 8 atom stereocenters. The van der Waals surface area contributed by atoms with Crippen LogP contribution in [0, 0.1) is 46.3 Å². The van der Waals surface area contributed by atoms with E-state index in [4.69, 9.17) is 16.3 Å². The summed E-state index contributed by atoms with van der Waals surface area (Å²) >= 11 is 5.84. The molecule has 204 valence electrons. The summed E-state index contributed by atoms with van der Waals surface area (Å²) in [7, 11) is 0. The number of hydrogen-bond acceptors (Lipinski definition) is 2. The number of ether oxygens (including phenoxy) is 1. The molecule has 4 rings (SSSR count). The number of hydrogen-bond donors (Lipinski definition) is 0. The van der Waals surface area contributed by atoms with Crippen molar-refractivity contribution in [2.75, 3.05) is 0 Å². The van der Waals surface area contributed by atoms with Crippen LogP contribution in [0.15, 0.2) is 23.3 Å². The molecule has 0 bridgehead atoms. The molecule has 0 aliphatic heterocycles. The van der Waals surface area contributed by atoms with E-state index in [-0.39, 0.29) is 12.1 Å². The zero-order chi connectivity index (χ0) is 26.1. The van der Waals surface area contributed by atoms with Gasteiger partial charge in [0.2, 0.25) is 0 Å². The van der Waals surface area contributed by atoms with Gasteiger partial charge < -0.3 is 4.74 Å². The Morgan fingerprint density at radius 2 is 1.83 bits per heavy atom. The first-order chi connectivity index (χ1) is 17.0. The van der Waals surface area contributed by atoms with Crippen LogP contribution in [-0.2, 0) is 9.53 Å². The average molecular weight is 517 g/mol. The van der Waals surface area contributed by atoms with Crippen LogP contribution in [0.1, 0.15) is 125 Å². The second kappa shape index (κ2) is 11.5. The Bertz CT molecular complexity index is 830. The van der Waals surface area contributed by atoms with E-state index in [2.05, 4.69) is 47.3 Å². The molecule has 2 nitrogen and oxygen atoms in total. The second-order valence-electron chi connectivity index (χ2n) is 14.0. The minimum atomic E-state index is -0.0660. The molecule has 0 heterocycles. The highest BCUT2D eigenvalue weighted by Gasteiger charge is 2.59. The molecular formula is C33H53ClO2. The van der Waals surface area contributed by atoms with Crippen LogP contribution in [0.3, 0.4) is 0 Å². The summed E-state index contributed by atoms with van der Waals surface area (Å²) in [6.07, 6.45) is 18.8. The lowest BCUT2D eigenvalue weighted by Crippen LogP contribution is -2.51. The molecule has 3 saturated carbocycles. The van der Waals surface area contributed by atoms with Crippen LogP contribution in [0.4, 0.5) is 0 Å². The largest absolute Gasteiger partial charge is 0.462 e. The third-order valence-corrected chi connectivity index (χ3v) is 11.6. The average Bonchev–Trinajstić information content (AvgIpc) is 3.16. The standard InChI is InChI=1S/C33H53ClO2/c1-22(2)9-7-10-23(3)28-15-16-29-27-14-13-25-21-26(36-31(35)12-8-11-24(4)34)17-19-32(25,5)30(27)18-20-33(28,29)6/h13,22-23,26-30H,4,7-12,14-21H2,1-3,5-6H3/t23-,26+,27+,28+,29+,30+,32+,33-/m1/s1. The fraction of sp³-hybridized carbons (Fsp3) is 0.848. The fourth-order valence-corrected chi connectivity index (χ4v) is 9.56. The molecule has 4 aliphatic carbocycles. The van der Waals surface area contributed by atoms with Gasteiger partial charge in [0.25, 0.3) is 0 Å². The highest BCUT2D eigenvalue weighted by molar-refractivity contribution is 6.29. The molecule has 0 N–H and O–H groups in total. The molecule has 0 amide bonds. The van der Waals surface area contributed by atoms with E-state index in [1.165, 1.54) is 57.8 Å². The topological polar surface area (TPSA) is 26.3 Å². The second-order valence-corrected chi connectivity index (χ2v) is 14.5. The van der Waals surface area contributed by atoms with Gasteiger partial charge >= 0.3 is 5.97 Å². The first-order valence-electron chi connectivity index (χ1n) is 15.3. The lowest BCUT2D eigenvalue weighted by atomic mass is 9.47. The van der Waals surface area contributed by atoms with Crippen molar-refractivity contribution >= 4 is 17.6 Å². The lowest BCUT2D eigenvalue weighted by molar-refractivity contribution is -0.151. The summed E-state index contributed by atoms with van der Waals surface area (Å²) in [5.41, 5.74) is 2.45. The third-order valence-electron chi connectivity index (χ3n) is 11.4. The summed E-state index contributed by atoms with van der Waals surface area (Å²) < 4.78 is 5.92. The number of carbonyl (C=O) groups is 1. The zero-order valence-electron chi connectivity index (χ0n) is 23.9. The highest BCUT2D eigenvalue weighted by Crippen LogP contribution is 2.67. The van der Waals surface area contributed by atoms with Crippen molar-refractivity contribution in [3.8, 4) is 0 Å². The summed E-state index contributed by atoms with van der Waals surface area (Å²) in [5.74, 6) is 5.12. The Morgan fingerprint density at radius 3 is 2.56 bits per heavy atom. The predicted octanol–water partition coefficient (Wildman–Crippen LogP) is 9.86. The maximum atomic E-state index is 12.4. The quantitative estimate of drug-likeness (QED) is 0.213. The summed E-state index contributed by atoms with van der Waals surface area (Å²) in [6, 6.07) is 0. The van der Waals surface area contributed by atoms with Gasteiger partial charge in [-0.05, 0) is 104 Å². The first-order valence-corrected chi connectivity index (χ1v) is 15.6. The molecule has 0 saturated heterocycles. The van der Waals surface area contributed by atoms with Gasteiger partial charge in [0, 0.05) is 17.9 Å². The molecule has 0 radical (unpaired) electrons. The monoisotopic (exact) mass is 516 g/mol. The first kappa shape index (κ1) is 28.3. The Balaban J connectivity index is 1.38. The smallest absolute Gasteiger partial charge is 0.306 e. The van der Waals surface area contributed by atoms with Crippen molar-refractivity contribution in [1.82, 2.24) is 0 Å². The van der Waals surface area contributed by atoms with E-state index in [1.54, 1.807) is 5.57 Å². The van der Waals surface area contributed by atoms with Crippen molar-refractivity contribution < 1.29 is 9.53 Å². The Hall–Kier alpha value is -0.760. The normalized spacial score (nSPS) is 38.5. The van der Waals surface area contributed by atoms with Gasteiger partial charge in [0.15, 0.2) is 0 Å². The number of fused-ring (bicyclic) bond motifs is 5. The molecule has 0 aromatic carbocycles. The van der Waals surface area contributed by atoms with Crippen LogP contribution < -0.4 is 0 Å². The molecule has 3 heteroatoms. The Kier molecular flexibility index (Phi) is 9.06. The minimum Gasteiger partial charge on any atom is -0.462 e. The van der Waals surface area contributed by atoms with Crippen LogP contribution in [-0.4, -0.2) is 12.1 Å². The van der Waals surface area contributed by atoms with Crippen LogP contribution in [0.2, 0.25) is 0 Å². The van der Waals surface area contributed by atoms with E-state index in [0.717, 1.165) is 54.8 Å². The maximum Gasteiger partial charge on any atom is 0.306 e. The van der Waals surface area contributed by atoms with Crippen LogP contribution >= 0.6 is 11.6 Å². The van der Waals surface area contributed by atoms with Crippen molar-refractivity contribution in [2.24, 2.45) is 46.3 Å². The number of esters is 1. The molecule has 0 unspecified atom stereocenters. The van der Waals surface area contributed by atoms with E-state index in [9.17, 15) is 4.79 Å². The molecule has 0 aromatic heterocycles. The van der Waals surface area contributed by atoms with E-state index >= 15 is 0 Å². The number of allylic oxidation sites excluding steroid dienone is 2. The summed E-state index contributed by atoms with van der Waals surface area (Å²) in [4.78, 5) is 12.4. The van der Waals surface area contributed by atoms with Gasteiger partial charge in [0.05, 0.1) is 0 Å². The van der Waals surface area contributed by atoms with E-state index in [0.29, 0.717) is 28.7 Å². The summed E-state index contributed by atoms with van der Waals surface area (Å²) in [6.45, 7) is 16.3.